The van der Waals surface area contributed by atoms with Crippen molar-refractivity contribution in [3.8, 4) is 6.07 Å². The van der Waals surface area contributed by atoms with E-state index in [-0.39, 0.29) is 5.41 Å². The summed E-state index contributed by atoms with van der Waals surface area (Å²) in [6, 6.07) is 3.77. The Kier molecular flexibility index (Phi) is 3.80. The summed E-state index contributed by atoms with van der Waals surface area (Å²) in [6.45, 7) is 5.47. The fourth-order valence-corrected chi connectivity index (χ4v) is 1.48. The Labute approximate surface area is 95.9 Å². The van der Waals surface area contributed by atoms with E-state index in [2.05, 4.69) is 30.1 Å². The molecule has 0 atom stereocenters. The molecule has 0 spiro atoms. The lowest BCUT2D eigenvalue weighted by Gasteiger charge is -2.29. The number of hydrogen-bond donors (Lipinski definition) is 1. The minimum atomic E-state index is -0.0149. The molecule has 0 amide bonds. The molecule has 86 valence electrons. The van der Waals surface area contributed by atoms with Gasteiger partial charge >= 0.3 is 0 Å². The minimum Gasteiger partial charge on any atom is -0.357 e. The SMILES string of the molecule is CN(CC(C)(C)CN)c1nnccc1C#N. The lowest BCUT2D eigenvalue weighted by molar-refractivity contribution is 0.384. The Morgan fingerprint density at radius 3 is 2.81 bits per heavy atom. The topological polar surface area (TPSA) is 78.8 Å². The van der Waals surface area contributed by atoms with Crippen molar-refractivity contribution in [2.75, 3.05) is 25.0 Å². The van der Waals surface area contributed by atoms with Crippen LogP contribution in [-0.2, 0) is 0 Å². The van der Waals surface area contributed by atoms with Gasteiger partial charge in [0.25, 0.3) is 0 Å². The van der Waals surface area contributed by atoms with E-state index in [1.807, 2.05) is 11.9 Å². The maximum atomic E-state index is 8.95. The molecule has 0 aliphatic rings. The van der Waals surface area contributed by atoms with Gasteiger partial charge in [0.1, 0.15) is 6.07 Å². The predicted octanol–water partition coefficient (Wildman–Crippen LogP) is 0.769. The van der Waals surface area contributed by atoms with E-state index in [1.165, 1.54) is 6.20 Å². The summed E-state index contributed by atoms with van der Waals surface area (Å²) >= 11 is 0. The lowest BCUT2D eigenvalue weighted by Crippen LogP contribution is -2.37. The first-order valence-corrected chi connectivity index (χ1v) is 5.13. The second-order valence-electron chi connectivity index (χ2n) is 4.60. The molecule has 1 heterocycles. The molecule has 0 bridgehead atoms. The summed E-state index contributed by atoms with van der Waals surface area (Å²) in [6.07, 6.45) is 1.52. The maximum absolute atomic E-state index is 8.95. The van der Waals surface area contributed by atoms with Gasteiger partial charge in [-0.2, -0.15) is 10.4 Å². The summed E-state index contributed by atoms with van der Waals surface area (Å²) in [4.78, 5) is 1.92. The smallest absolute Gasteiger partial charge is 0.168 e. The van der Waals surface area contributed by atoms with E-state index in [0.29, 0.717) is 17.9 Å². The van der Waals surface area contributed by atoms with Crippen LogP contribution >= 0.6 is 0 Å². The second kappa shape index (κ2) is 4.90. The molecule has 0 aromatic carbocycles. The van der Waals surface area contributed by atoms with Crippen LogP contribution in [0.5, 0.6) is 0 Å². The van der Waals surface area contributed by atoms with Crippen molar-refractivity contribution in [3.63, 3.8) is 0 Å². The van der Waals surface area contributed by atoms with Crippen LogP contribution in [0.1, 0.15) is 19.4 Å². The monoisotopic (exact) mass is 219 g/mol. The molecule has 0 aliphatic heterocycles. The quantitative estimate of drug-likeness (QED) is 0.809. The summed E-state index contributed by atoms with van der Waals surface area (Å²) in [5.41, 5.74) is 6.19. The van der Waals surface area contributed by atoms with E-state index in [1.54, 1.807) is 6.07 Å². The zero-order valence-corrected chi connectivity index (χ0v) is 9.94. The summed E-state index contributed by atoms with van der Waals surface area (Å²) in [5.74, 6) is 0.603. The van der Waals surface area contributed by atoms with Gasteiger partial charge < -0.3 is 10.6 Å². The van der Waals surface area contributed by atoms with Gasteiger partial charge in [-0.25, -0.2) is 0 Å². The Morgan fingerprint density at radius 2 is 2.25 bits per heavy atom. The van der Waals surface area contributed by atoms with E-state index in [0.717, 1.165) is 6.54 Å². The van der Waals surface area contributed by atoms with Gasteiger partial charge in [0.2, 0.25) is 0 Å². The lowest BCUT2D eigenvalue weighted by atomic mass is 9.93. The molecule has 1 aromatic heterocycles. The molecule has 0 saturated carbocycles. The van der Waals surface area contributed by atoms with Crippen molar-refractivity contribution in [2.24, 2.45) is 11.1 Å². The van der Waals surface area contributed by atoms with Gasteiger partial charge in [-0.05, 0) is 18.0 Å². The van der Waals surface area contributed by atoms with E-state index >= 15 is 0 Å². The van der Waals surface area contributed by atoms with Crippen LogP contribution in [0.3, 0.4) is 0 Å². The van der Waals surface area contributed by atoms with Gasteiger partial charge in [-0.3, -0.25) is 0 Å². The number of nitriles is 1. The third kappa shape index (κ3) is 2.91. The third-order valence-electron chi connectivity index (χ3n) is 2.40. The van der Waals surface area contributed by atoms with Crippen molar-refractivity contribution >= 4 is 5.82 Å². The van der Waals surface area contributed by atoms with Crippen molar-refractivity contribution in [1.29, 1.82) is 5.26 Å². The summed E-state index contributed by atoms with van der Waals surface area (Å²) < 4.78 is 0. The largest absolute Gasteiger partial charge is 0.357 e. The standard InChI is InChI=1S/C11H17N5/c1-11(2,7-13)8-16(3)10-9(6-12)4-5-14-15-10/h4-5H,7-8,13H2,1-3H3. The number of rotatable bonds is 4. The fourth-order valence-electron chi connectivity index (χ4n) is 1.48. The normalized spacial score (nSPS) is 10.9. The van der Waals surface area contributed by atoms with Gasteiger partial charge in [-0.1, -0.05) is 13.8 Å². The molecule has 5 heteroatoms. The first-order chi connectivity index (χ1) is 7.50. The molecule has 1 aromatic rings. The molecule has 0 saturated heterocycles. The number of aromatic nitrogens is 2. The Morgan fingerprint density at radius 1 is 1.56 bits per heavy atom. The van der Waals surface area contributed by atoms with Crippen LogP contribution in [-0.4, -0.2) is 30.3 Å². The number of nitrogens with two attached hydrogens (primary N) is 1. The Bertz CT molecular complexity index is 394. The minimum absolute atomic E-state index is 0.0149. The highest BCUT2D eigenvalue weighted by atomic mass is 15.2. The zero-order valence-electron chi connectivity index (χ0n) is 9.94. The van der Waals surface area contributed by atoms with Crippen LogP contribution in [0.25, 0.3) is 0 Å². The van der Waals surface area contributed by atoms with Crippen LogP contribution < -0.4 is 10.6 Å². The third-order valence-corrected chi connectivity index (χ3v) is 2.40. The molecular weight excluding hydrogens is 202 g/mol. The molecular formula is C11H17N5. The molecule has 0 fully saturated rings. The van der Waals surface area contributed by atoms with Crippen LogP contribution in [0.15, 0.2) is 12.3 Å². The molecule has 0 unspecified atom stereocenters. The zero-order chi connectivity index (χ0) is 12.2. The molecule has 2 N–H and O–H groups in total. The Hall–Kier alpha value is -1.67. The maximum Gasteiger partial charge on any atom is 0.168 e. The second-order valence-corrected chi connectivity index (χ2v) is 4.60. The molecule has 5 nitrogen and oxygen atoms in total. The van der Waals surface area contributed by atoms with Crippen LogP contribution in [0.4, 0.5) is 5.82 Å². The number of nitrogens with zero attached hydrogens (tertiary/aromatic N) is 4. The van der Waals surface area contributed by atoms with E-state index < -0.39 is 0 Å². The van der Waals surface area contributed by atoms with Crippen LogP contribution in [0, 0.1) is 16.7 Å². The van der Waals surface area contributed by atoms with Gasteiger partial charge in [-0.15, -0.1) is 5.10 Å². The Balaban J connectivity index is 2.89. The molecule has 16 heavy (non-hydrogen) atoms. The van der Waals surface area contributed by atoms with Crippen molar-refractivity contribution in [1.82, 2.24) is 10.2 Å². The van der Waals surface area contributed by atoms with Gasteiger partial charge in [0.15, 0.2) is 5.82 Å². The summed E-state index contributed by atoms with van der Waals surface area (Å²) in [5, 5.41) is 16.7. The number of hydrogen-bond acceptors (Lipinski definition) is 5. The summed E-state index contributed by atoms with van der Waals surface area (Å²) in [7, 11) is 1.89. The predicted molar refractivity (Wildman–Crippen MR) is 62.9 cm³/mol. The first kappa shape index (κ1) is 12.4. The number of anilines is 1. The molecule has 0 radical (unpaired) electrons. The molecule has 1 rings (SSSR count). The highest BCUT2D eigenvalue weighted by Crippen LogP contribution is 2.20. The van der Waals surface area contributed by atoms with Crippen molar-refractivity contribution in [3.05, 3.63) is 17.8 Å². The fraction of sp³-hybridized carbons (Fsp3) is 0.545. The average molecular weight is 219 g/mol. The molecule has 0 aliphatic carbocycles. The van der Waals surface area contributed by atoms with E-state index in [4.69, 9.17) is 11.0 Å². The van der Waals surface area contributed by atoms with Crippen molar-refractivity contribution < 1.29 is 0 Å². The van der Waals surface area contributed by atoms with Gasteiger partial charge in [0, 0.05) is 13.6 Å². The average Bonchev–Trinajstić information content (AvgIpc) is 2.28. The highest BCUT2D eigenvalue weighted by molar-refractivity contribution is 5.51. The first-order valence-electron chi connectivity index (χ1n) is 5.13. The van der Waals surface area contributed by atoms with Gasteiger partial charge in [0.05, 0.1) is 11.8 Å². The van der Waals surface area contributed by atoms with Crippen molar-refractivity contribution in [2.45, 2.75) is 13.8 Å². The van der Waals surface area contributed by atoms with Crippen LogP contribution in [0.2, 0.25) is 0 Å². The highest BCUT2D eigenvalue weighted by Gasteiger charge is 2.20. The van der Waals surface area contributed by atoms with E-state index in [9.17, 15) is 0 Å².